The Morgan fingerprint density at radius 1 is 1.03 bits per heavy atom. The van der Waals surface area contributed by atoms with Crippen LogP contribution in [0.4, 0.5) is 18.9 Å². The van der Waals surface area contributed by atoms with Gasteiger partial charge < -0.3 is 9.84 Å². The quantitative estimate of drug-likeness (QED) is 0.309. The molecule has 0 bridgehead atoms. The van der Waals surface area contributed by atoms with Crippen LogP contribution in [0.1, 0.15) is 17.4 Å². The molecule has 1 aliphatic rings. The van der Waals surface area contributed by atoms with Crippen molar-refractivity contribution in [3.8, 4) is 27.4 Å². The number of ether oxygens (including phenoxy) is 1. The first-order valence-electron chi connectivity index (χ1n) is 11.3. The monoisotopic (exact) mass is 546 g/mol. The zero-order valence-corrected chi connectivity index (χ0v) is 20.8. The minimum Gasteiger partial charge on any atom is -0.493 e. The molecule has 6 nitrogen and oxygen atoms in total. The van der Waals surface area contributed by atoms with Gasteiger partial charge in [-0.2, -0.15) is 21.6 Å². The molecule has 0 fully saturated rings. The number of aromatic nitrogens is 1. The molecule has 0 saturated carbocycles. The van der Waals surface area contributed by atoms with Crippen LogP contribution < -0.4 is 9.46 Å². The largest absolute Gasteiger partial charge is 0.516 e. The Morgan fingerprint density at radius 2 is 1.76 bits per heavy atom. The summed E-state index contributed by atoms with van der Waals surface area (Å²) in [6.45, 7) is 0.220. The molecule has 0 saturated heterocycles. The Bertz CT molecular complexity index is 1520. The Kier molecular flexibility index (Phi) is 6.69. The predicted octanol–water partition coefficient (Wildman–Crippen LogP) is 6.02. The highest BCUT2D eigenvalue weighted by Gasteiger charge is 2.46. The fraction of sp³-hybridized carbons (Fsp3) is 0.192. The molecule has 2 atom stereocenters. The Hall–Kier alpha value is -3.41. The number of alkyl halides is 3. The van der Waals surface area contributed by atoms with E-state index in [1.54, 1.807) is 29.0 Å². The molecule has 0 amide bonds. The first-order valence-corrected chi connectivity index (χ1v) is 13.6. The smallest absolute Gasteiger partial charge is 0.493 e. The van der Waals surface area contributed by atoms with E-state index >= 15 is 0 Å². The number of anilines is 1. The highest BCUT2D eigenvalue weighted by Crippen LogP contribution is 2.41. The lowest BCUT2D eigenvalue weighted by molar-refractivity contribution is -0.0429. The number of aliphatic hydroxyl groups excluding tert-OH is 1. The molecule has 1 aromatic heterocycles. The molecule has 4 aromatic rings. The molecule has 0 aliphatic carbocycles. The van der Waals surface area contributed by atoms with Gasteiger partial charge in [-0.25, -0.2) is 4.98 Å². The highest BCUT2D eigenvalue weighted by atomic mass is 32.2. The maximum Gasteiger partial charge on any atom is 0.516 e. The highest BCUT2D eigenvalue weighted by molar-refractivity contribution is 7.93. The lowest BCUT2D eigenvalue weighted by Crippen LogP contribution is -2.30. The number of nitrogens with zero attached hydrogens (tertiary/aromatic N) is 1. The maximum absolute atomic E-state index is 12.9. The van der Waals surface area contributed by atoms with Crippen LogP contribution in [0.3, 0.4) is 0 Å². The van der Waals surface area contributed by atoms with E-state index in [0.717, 1.165) is 16.3 Å². The van der Waals surface area contributed by atoms with E-state index in [1.807, 2.05) is 35.7 Å². The van der Waals surface area contributed by atoms with Crippen LogP contribution in [0.25, 0.3) is 21.7 Å². The lowest BCUT2D eigenvalue weighted by atomic mass is 9.88. The van der Waals surface area contributed by atoms with Gasteiger partial charge in [0.2, 0.25) is 0 Å². The van der Waals surface area contributed by atoms with Crippen LogP contribution in [0.5, 0.6) is 5.75 Å². The summed E-state index contributed by atoms with van der Waals surface area (Å²) in [5.41, 5.74) is -2.56. The van der Waals surface area contributed by atoms with Crippen molar-refractivity contribution in [3.63, 3.8) is 0 Å². The number of hydrogen-bond donors (Lipinski definition) is 2. The van der Waals surface area contributed by atoms with Crippen molar-refractivity contribution >= 4 is 27.0 Å². The van der Waals surface area contributed by atoms with Crippen molar-refractivity contribution < 1.29 is 31.4 Å². The average Bonchev–Trinajstić information content (AvgIpc) is 3.34. The average molecular weight is 547 g/mol. The summed E-state index contributed by atoms with van der Waals surface area (Å²) >= 11 is 1.53. The van der Waals surface area contributed by atoms with Gasteiger partial charge in [0, 0.05) is 28.0 Å². The third-order valence-electron chi connectivity index (χ3n) is 6.06. The molecule has 11 heteroatoms. The van der Waals surface area contributed by atoms with Gasteiger partial charge in [-0.05, 0) is 24.1 Å². The topological polar surface area (TPSA) is 88.5 Å². The molecule has 1 aliphatic heterocycles. The van der Waals surface area contributed by atoms with Gasteiger partial charge in [0.15, 0.2) is 0 Å². The van der Waals surface area contributed by atoms with E-state index < -0.39 is 21.6 Å². The third kappa shape index (κ3) is 5.20. The second-order valence-electron chi connectivity index (χ2n) is 8.58. The van der Waals surface area contributed by atoms with Crippen molar-refractivity contribution in [2.75, 3.05) is 11.3 Å². The van der Waals surface area contributed by atoms with Crippen LogP contribution in [0.2, 0.25) is 0 Å². The van der Waals surface area contributed by atoms with Gasteiger partial charge in [-0.3, -0.25) is 4.72 Å². The first kappa shape index (κ1) is 25.2. The van der Waals surface area contributed by atoms with E-state index in [4.69, 9.17) is 9.72 Å². The predicted molar refractivity (Wildman–Crippen MR) is 136 cm³/mol. The van der Waals surface area contributed by atoms with Gasteiger partial charge in [0.25, 0.3) is 0 Å². The van der Waals surface area contributed by atoms with Gasteiger partial charge in [-0.1, -0.05) is 60.7 Å². The second-order valence-corrected chi connectivity index (χ2v) is 11.1. The zero-order chi connectivity index (χ0) is 26.2. The number of rotatable bonds is 6. The van der Waals surface area contributed by atoms with Crippen molar-refractivity contribution in [1.29, 1.82) is 0 Å². The minimum atomic E-state index is -5.59. The van der Waals surface area contributed by atoms with Crippen LogP contribution in [0.15, 0.2) is 78.2 Å². The second kappa shape index (κ2) is 9.81. The molecule has 5 rings (SSSR count). The van der Waals surface area contributed by atoms with Crippen LogP contribution in [-0.2, 0) is 16.4 Å². The van der Waals surface area contributed by atoms with E-state index in [0.29, 0.717) is 23.3 Å². The van der Waals surface area contributed by atoms with Crippen molar-refractivity contribution in [3.05, 3.63) is 89.4 Å². The number of sulfonamides is 1. The summed E-state index contributed by atoms with van der Waals surface area (Å²) in [5, 5.41) is 13.9. The molecule has 2 heterocycles. The first-order chi connectivity index (χ1) is 17.6. The van der Waals surface area contributed by atoms with Crippen molar-refractivity contribution in [2.24, 2.45) is 5.92 Å². The van der Waals surface area contributed by atoms with E-state index in [-0.39, 0.29) is 23.8 Å². The summed E-state index contributed by atoms with van der Waals surface area (Å²) in [5.74, 6) is 0.146. The van der Waals surface area contributed by atoms with E-state index in [1.165, 1.54) is 29.5 Å². The zero-order valence-electron chi connectivity index (χ0n) is 19.1. The molecular formula is C26H21F3N2O4S2. The SMILES string of the molecule is O=S(=O)(Nc1ccccc1-c1ccc2c(c1)OCC(Cc1csc(-c3ccccc3)n1)[C@H]2O)C(F)(F)F. The van der Waals surface area contributed by atoms with Crippen molar-refractivity contribution in [2.45, 2.75) is 18.0 Å². The van der Waals surface area contributed by atoms with E-state index in [2.05, 4.69) is 0 Å². The van der Waals surface area contributed by atoms with Crippen LogP contribution >= 0.6 is 11.3 Å². The third-order valence-corrected chi connectivity index (χ3v) is 8.10. The van der Waals surface area contributed by atoms with Gasteiger partial charge in [0.05, 0.1) is 24.1 Å². The van der Waals surface area contributed by atoms with Crippen LogP contribution in [-0.4, -0.2) is 30.6 Å². The maximum atomic E-state index is 12.9. The molecule has 2 N–H and O–H groups in total. The molecular weight excluding hydrogens is 525 g/mol. The number of thiazole rings is 1. The summed E-state index contributed by atoms with van der Waals surface area (Å²) < 4.78 is 69.5. The standard InChI is InChI=1S/C26H21F3N2O4S2/c27-26(28,29)37(33,34)31-22-9-5-4-8-20(22)17-10-11-21-23(13-17)35-14-18(24(21)32)12-19-15-36-25(30-19)16-6-2-1-3-7-16/h1-11,13,15,18,24,31-32H,12,14H2/t18?,24-/m1/s1. The van der Waals surface area contributed by atoms with E-state index in [9.17, 15) is 26.7 Å². The summed E-state index contributed by atoms with van der Waals surface area (Å²) in [6.07, 6.45) is -0.327. The molecule has 3 aromatic carbocycles. The number of benzene rings is 3. The number of nitrogens with one attached hydrogen (secondary N) is 1. The summed E-state index contributed by atoms with van der Waals surface area (Å²) in [7, 11) is -5.59. The molecule has 1 unspecified atom stereocenters. The number of hydrogen-bond acceptors (Lipinski definition) is 6. The molecule has 0 spiro atoms. The Morgan fingerprint density at radius 3 is 2.51 bits per heavy atom. The summed E-state index contributed by atoms with van der Waals surface area (Å²) in [4.78, 5) is 4.69. The molecule has 37 heavy (non-hydrogen) atoms. The molecule has 192 valence electrons. The Labute approximate surface area is 215 Å². The molecule has 0 radical (unpaired) electrons. The summed E-state index contributed by atoms with van der Waals surface area (Å²) in [6, 6.07) is 20.4. The number of halogens is 3. The number of fused-ring (bicyclic) bond motifs is 1. The van der Waals surface area contributed by atoms with Crippen molar-refractivity contribution in [1.82, 2.24) is 4.98 Å². The van der Waals surface area contributed by atoms with Gasteiger partial charge >= 0.3 is 15.5 Å². The normalized spacial score (nSPS) is 17.6. The van der Waals surface area contributed by atoms with Gasteiger partial charge in [-0.15, -0.1) is 11.3 Å². The van der Waals surface area contributed by atoms with Crippen LogP contribution in [0, 0.1) is 5.92 Å². The number of aliphatic hydroxyl groups is 1. The minimum absolute atomic E-state index is 0.216. The van der Waals surface area contributed by atoms with Gasteiger partial charge in [0.1, 0.15) is 10.8 Å². The number of para-hydroxylation sites is 1. The fourth-order valence-corrected chi connectivity index (χ4v) is 5.61. The fourth-order valence-electron chi connectivity index (χ4n) is 4.19. The Balaban J connectivity index is 1.36. The lowest BCUT2D eigenvalue weighted by Gasteiger charge is -2.30.